The third-order valence-electron chi connectivity index (χ3n) is 4.88. The Kier molecular flexibility index (Phi) is 4.74. The molecule has 2 aromatic rings. The number of carbonyl (C=O) groups is 3. The first-order valence-corrected chi connectivity index (χ1v) is 9.93. The Balaban J connectivity index is 1.47. The van der Waals surface area contributed by atoms with E-state index < -0.39 is 12.1 Å². The number of fused-ring (bicyclic) bond motifs is 2. The van der Waals surface area contributed by atoms with E-state index in [4.69, 9.17) is 4.74 Å². The maximum absolute atomic E-state index is 12.6. The van der Waals surface area contributed by atoms with Gasteiger partial charge < -0.3 is 10.1 Å². The highest BCUT2D eigenvalue weighted by Gasteiger charge is 2.23. The van der Waals surface area contributed by atoms with Crippen LogP contribution in [-0.4, -0.2) is 29.5 Å². The molecule has 0 saturated heterocycles. The van der Waals surface area contributed by atoms with Crippen molar-refractivity contribution in [3.05, 3.63) is 58.7 Å². The van der Waals surface area contributed by atoms with Gasteiger partial charge in [-0.2, -0.15) is 0 Å². The van der Waals surface area contributed by atoms with E-state index in [2.05, 4.69) is 5.32 Å². The lowest BCUT2D eigenvalue weighted by molar-refractivity contribution is -0.113. The lowest BCUT2D eigenvalue weighted by atomic mass is 10.0. The van der Waals surface area contributed by atoms with Gasteiger partial charge in [-0.25, -0.2) is 4.79 Å². The monoisotopic (exact) mass is 381 g/mol. The van der Waals surface area contributed by atoms with Crippen molar-refractivity contribution in [1.29, 1.82) is 0 Å². The molecule has 138 valence electrons. The Hall–Kier alpha value is -2.60. The van der Waals surface area contributed by atoms with Gasteiger partial charge >= 0.3 is 5.97 Å². The molecular formula is C21H19NO4S. The first kappa shape index (κ1) is 17.8. The maximum atomic E-state index is 12.6. The number of aryl methyl sites for hydroxylation is 2. The minimum atomic E-state index is -0.878. The van der Waals surface area contributed by atoms with Crippen molar-refractivity contribution in [1.82, 2.24) is 0 Å². The van der Waals surface area contributed by atoms with Crippen LogP contribution in [-0.2, 0) is 22.4 Å². The summed E-state index contributed by atoms with van der Waals surface area (Å²) in [5, 5.41) is 2.75. The van der Waals surface area contributed by atoms with E-state index in [9.17, 15) is 14.4 Å². The number of hydrogen-bond acceptors (Lipinski definition) is 5. The molecule has 0 aromatic heterocycles. The summed E-state index contributed by atoms with van der Waals surface area (Å²) in [5.41, 5.74) is 3.99. The number of ether oxygens (including phenoxy) is 1. The summed E-state index contributed by atoms with van der Waals surface area (Å²) >= 11 is 1.42. The molecule has 0 fully saturated rings. The number of nitrogens with one attached hydrogen (secondary N) is 1. The van der Waals surface area contributed by atoms with Crippen LogP contribution in [0.25, 0.3) is 0 Å². The summed E-state index contributed by atoms with van der Waals surface area (Å²) in [4.78, 5) is 37.5. The van der Waals surface area contributed by atoms with Crippen molar-refractivity contribution >= 4 is 35.1 Å². The van der Waals surface area contributed by atoms with E-state index in [-0.39, 0.29) is 11.7 Å². The highest BCUT2D eigenvalue weighted by atomic mass is 32.2. The SMILES string of the molecule is C[C@@H](OC(=O)c1ccc2c(c1)NC(=O)CS2)C(=O)c1ccc2c(c1)CCC2. The number of benzene rings is 2. The summed E-state index contributed by atoms with van der Waals surface area (Å²) in [5.74, 6) is -0.522. The molecule has 1 atom stereocenters. The van der Waals surface area contributed by atoms with Gasteiger partial charge in [0.2, 0.25) is 11.7 Å². The van der Waals surface area contributed by atoms with Crippen LogP contribution >= 0.6 is 11.8 Å². The molecule has 1 amide bonds. The van der Waals surface area contributed by atoms with Gasteiger partial charge in [-0.1, -0.05) is 12.1 Å². The number of thioether (sulfide) groups is 1. The van der Waals surface area contributed by atoms with Crippen LogP contribution in [0.2, 0.25) is 0 Å². The molecule has 0 radical (unpaired) electrons. The molecule has 1 aliphatic carbocycles. The molecule has 1 N–H and O–H groups in total. The smallest absolute Gasteiger partial charge is 0.338 e. The molecule has 0 saturated carbocycles. The fourth-order valence-corrected chi connectivity index (χ4v) is 4.24. The fraction of sp³-hybridized carbons (Fsp3) is 0.286. The first-order chi connectivity index (χ1) is 13.0. The summed E-state index contributed by atoms with van der Waals surface area (Å²) in [7, 11) is 0. The zero-order chi connectivity index (χ0) is 19.0. The Bertz CT molecular complexity index is 953. The number of esters is 1. The molecule has 1 heterocycles. The lowest BCUT2D eigenvalue weighted by Gasteiger charge is -2.17. The predicted molar refractivity (Wildman–Crippen MR) is 103 cm³/mol. The fourth-order valence-electron chi connectivity index (χ4n) is 3.45. The molecular weight excluding hydrogens is 362 g/mol. The topological polar surface area (TPSA) is 72.5 Å². The van der Waals surface area contributed by atoms with Crippen LogP contribution < -0.4 is 5.32 Å². The molecule has 1 aliphatic heterocycles. The molecule has 0 unspecified atom stereocenters. The third-order valence-corrected chi connectivity index (χ3v) is 5.96. The van der Waals surface area contributed by atoms with Crippen LogP contribution in [0, 0.1) is 0 Å². The molecule has 0 bridgehead atoms. The predicted octanol–water partition coefficient (Wildman–Crippen LogP) is 3.65. The highest BCUT2D eigenvalue weighted by molar-refractivity contribution is 8.00. The minimum Gasteiger partial charge on any atom is -0.451 e. The standard InChI is InChI=1S/C21H19NO4S/c1-12(20(24)15-6-5-13-3-2-4-14(13)9-15)26-21(25)16-7-8-18-17(10-16)22-19(23)11-27-18/h5-10,12H,2-4,11H2,1H3,(H,22,23)/t12-/m1/s1. The van der Waals surface area contributed by atoms with Crippen LogP contribution in [0.5, 0.6) is 0 Å². The minimum absolute atomic E-state index is 0.0989. The second-order valence-electron chi connectivity index (χ2n) is 6.80. The van der Waals surface area contributed by atoms with Crippen molar-refractivity contribution in [2.45, 2.75) is 37.2 Å². The summed E-state index contributed by atoms with van der Waals surface area (Å²) < 4.78 is 5.38. The molecule has 27 heavy (non-hydrogen) atoms. The highest BCUT2D eigenvalue weighted by Crippen LogP contribution is 2.32. The number of hydrogen-bond donors (Lipinski definition) is 1. The van der Waals surface area contributed by atoms with E-state index in [1.54, 1.807) is 25.1 Å². The van der Waals surface area contributed by atoms with Gasteiger partial charge in [-0.15, -0.1) is 11.8 Å². The van der Waals surface area contributed by atoms with E-state index in [0.29, 0.717) is 22.6 Å². The lowest BCUT2D eigenvalue weighted by Crippen LogP contribution is -2.25. The van der Waals surface area contributed by atoms with Crippen molar-refractivity contribution in [3.8, 4) is 0 Å². The van der Waals surface area contributed by atoms with Crippen molar-refractivity contribution < 1.29 is 19.1 Å². The normalized spacial score (nSPS) is 16.1. The zero-order valence-electron chi connectivity index (χ0n) is 14.9. The average Bonchev–Trinajstić information content (AvgIpc) is 3.14. The third kappa shape index (κ3) is 3.62. The average molecular weight is 381 g/mol. The summed E-state index contributed by atoms with van der Waals surface area (Å²) in [6.45, 7) is 1.59. The van der Waals surface area contributed by atoms with Crippen LogP contribution in [0.15, 0.2) is 41.3 Å². The molecule has 0 spiro atoms. The van der Waals surface area contributed by atoms with Crippen LogP contribution in [0.3, 0.4) is 0 Å². The second kappa shape index (κ2) is 7.19. The van der Waals surface area contributed by atoms with Gasteiger partial charge in [0, 0.05) is 10.5 Å². The number of Topliss-reactive ketones (excluding diaryl/α,β-unsaturated/α-hetero) is 1. The number of rotatable bonds is 4. The Morgan fingerprint density at radius 3 is 2.70 bits per heavy atom. The number of carbonyl (C=O) groups excluding carboxylic acids is 3. The van der Waals surface area contributed by atoms with E-state index in [0.717, 1.165) is 24.2 Å². The molecule has 2 aromatic carbocycles. The van der Waals surface area contributed by atoms with E-state index in [1.807, 2.05) is 18.2 Å². The van der Waals surface area contributed by atoms with Crippen molar-refractivity contribution in [2.75, 3.05) is 11.1 Å². The summed E-state index contributed by atoms with van der Waals surface area (Å²) in [6.07, 6.45) is 2.28. The number of amides is 1. The second-order valence-corrected chi connectivity index (χ2v) is 7.81. The van der Waals surface area contributed by atoms with Gasteiger partial charge in [-0.3, -0.25) is 9.59 Å². The van der Waals surface area contributed by atoms with Crippen molar-refractivity contribution in [2.24, 2.45) is 0 Å². The van der Waals surface area contributed by atoms with Gasteiger partial charge in [0.1, 0.15) is 0 Å². The molecule has 6 heteroatoms. The van der Waals surface area contributed by atoms with E-state index >= 15 is 0 Å². The zero-order valence-corrected chi connectivity index (χ0v) is 15.7. The Morgan fingerprint density at radius 2 is 1.85 bits per heavy atom. The van der Waals surface area contributed by atoms with Gasteiger partial charge in [0.15, 0.2) is 6.10 Å². The maximum Gasteiger partial charge on any atom is 0.338 e. The van der Waals surface area contributed by atoms with E-state index in [1.165, 1.54) is 22.9 Å². The Morgan fingerprint density at radius 1 is 1.07 bits per heavy atom. The number of anilines is 1. The van der Waals surface area contributed by atoms with Crippen LogP contribution in [0.1, 0.15) is 45.2 Å². The molecule has 4 rings (SSSR count). The van der Waals surface area contributed by atoms with Crippen molar-refractivity contribution in [3.63, 3.8) is 0 Å². The summed E-state index contributed by atoms with van der Waals surface area (Å²) in [6, 6.07) is 10.7. The largest absolute Gasteiger partial charge is 0.451 e. The van der Waals surface area contributed by atoms with Gasteiger partial charge in [0.25, 0.3) is 0 Å². The van der Waals surface area contributed by atoms with Gasteiger partial charge in [-0.05, 0) is 61.6 Å². The van der Waals surface area contributed by atoms with Gasteiger partial charge in [0.05, 0.1) is 17.0 Å². The molecule has 2 aliphatic rings. The Labute approximate surface area is 161 Å². The number of ketones is 1. The van der Waals surface area contributed by atoms with Crippen LogP contribution in [0.4, 0.5) is 5.69 Å². The quantitative estimate of drug-likeness (QED) is 0.647. The molecule has 5 nitrogen and oxygen atoms in total. The first-order valence-electron chi connectivity index (χ1n) is 8.95.